The van der Waals surface area contributed by atoms with Gasteiger partial charge in [-0.2, -0.15) is 0 Å². The van der Waals surface area contributed by atoms with Crippen LogP contribution < -0.4 is 5.32 Å². The van der Waals surface area contributed by atoms with Crippen LogP contribution >= 0.6 is 0 Å². The summed E-state index contributed by atoms with van der Waals surface area (Å²) in [5.41, 5.74) is 2.40. The molecule has 2 rings (SSSR count). The molecule has 0 radical (unpaired) electrons. The fourth-order valence-electron chi connectivity index (χ4n) is 2.09. The molecule has 0 aliphatic heterocycles. The lowest BCUT2D eigenvalue weighted by Crippen LogP contribution is -2.26. The van der Waals surface area contributed by atoms with E-state index in [9.17, 15) is 4.39 Å². The molecule has 0 aliphatic carbocycles. The van der Waals surface area contributed by atoms with E-state index in [1.165, 1.54) is 0 Å². The Kier molecular flexibility index (Phi) is 4.27. The Morgan fingerprint density at radius 3 is 2.79 bits per heavy atom. The van der Waals surface area contributed by atoms with Gasteiger partial charge in [0.05, 0.1) is 17.9 Å². The zero-order valence-corrected chi connectivity index (χ0v) is 11.5. The van der Waals surface area contributed by atoms with Gasteiger partial charge in [0.2, 0.25) is 0 Å². The monoisotopic (exact) mass is 262 g/mol. The topological polar surface area (TPSA) is 42.7 Å². The second-order valence-electron chi connectivity index (χ2n) is 4.69. The van der Waals surface area contributed by atoms with Crippen LogP contribution in [0.2, 0.25) is 0 Å². The highest BCUT2D eigenvalue weighted by molar-refractivity contribution is 5.31. The van der Waals surface area contributed by atoms with E-state index in [0.717, 1.165) is 24.2 Å². The minimum absolute atomic E-state index is 0.199. The molecule has 0 saturated heterocycles. The number of hydrogen-bond acceptors (Lipinski definition) is 3. The molecule has 0 aliphatic rings. The lowest BCUT2D eigenvalue weighted by Gasteiger charge is -2.19. The third kappa shape index (κ3) is 2.98. The number of hydrogen-bond donors (Lipinski definition) is 1. The normalized spacial score (nSPS) is 12.6. The van der Waals surface area contributed by atoms with Crippen molar-refractivity contribution in [2.45, 2.75) is 26.3 Å². The number of nitrogens with one attached hydrogen (secondary N) is 1. The van der Waals surface area contributed by atoms with Crippen LogP contribution in [0.3, 0.4) is 0 Å². The first kappa shape index (κ1) is 13.7. The predicted molar refractivity (Wildman–Crippen MR) is 72.3 cm³/mol. The van der Waals surface area contributed by atoms with Crippen molar-refractivity contribution in [3.63, 3.8) is 0 Å². The molecule has 1 N–H and O–H groups in total. The molecule has 0 spiro atoms. The minimum Gasteiger partial charge on any atom is -0.305 e. The Morgan fingerprint density at radius 2 is 2.21 bits per heavy atom. The van der Waals surface area contributed by atoms with E-state index in [1.54, 1.807) is 16.9 Å². The Balaban J connectivity index is 2.40. The smallest absolute Gasteiger partial charge is 0.128 e. The molecule has 4 nitrogen and oxygen atoms in total. The summed E-state index contributed by atoms with van der Waals surface area (Å²) in [6.45, 7) is 4.77. The van der Waals surface area contributed by atoms with Crippen LogP contribution in [-0.2, 0) is 7.05 Å². The molecular weight excluding hydrogens is 243 g/mol. The summed E-state index contributed by atoms with van der Waals surface area (Å²) >= 11 is 0. The van der Waals surface area contributed by atoms with Crippen molar-refractivity contribution >= 4 is 0 Å². The Labute approximate surface area is 112 Å². The van der Waals surface area contributed by atoms with E-state index in [-0.39, 0.29) is 11.9 Å². The molecule has 102 valence electrons. The molecule has 0 amide bonds. The van der Waals surface area contributed by atoms with Crippen molar-refractivity contribution in [2.24, 2.45) is 7.05 Å². The lowest BCUT2D eigenvalue weighted by molar-refractivity contribution is 0.518. The zero-order valence-electron chi connectivity index (χ0n) is 11.5. The summed E-state index contributed by atoms with van der Waals surface area (Å²) in [7, 11) is 1.81. The average molecular weight is 262 g/mol. The second kappa shape index (κ2) is 5.93. The maximum absolute atomic E-state index is 14.2. The lowest BCUT2D eigenvalue weighted by atomic mass is 10.0. The second-order valence-corrected chi connectivity index (χ2v) is 4.69. The van der Waals surface area contributed by atoms with Crippen molar-refractivity contribution in [1.82, 2.24) is 20.3 Å². The van der Waals surface area contributed by atoms with Gasteiger partial charge in [0, 0.05) is 12.6 Å². The minimum atomic E-state index is -0.222. The average Bonchev–Trinajstić information content (AvgIpc) is 2.78. The Morgan fingerprint density at radius 1 is 1.42 bits per heavy atom. The van der Waals surface area contributed by atoms with Crippen LogP contribution in [0.1, 0.15) is 36.2 Å². The molecule has 1 unspecified atom stereocenters. The number of aromatic nitrogens is 3. The molecular formula is C14H19FN4. The van der Waals surface area contributed by atoms with Crippen molar-refractivity contribution < 1.29 is 4.39 Å². The fourth-order valence-corrected chi connectivity index (χ4v) is 2.09. The maximum Gasteiger partial charge on any atom is 0.128 e. The Bertz CT molecular complexity index is 550. The van der Waals surface area contributed by atoms with Crippen LogP contribution in [0.4, 0.5) is 4.39 Å². The van der Waals surface area contributed by atoms with Crippen LogP contribution in [0.15, 0.2) is 24.4 Å². The Hall–Kier alpha value is -1.75. The standard InChI is InChI=1S/C14H19FN4/c1-4-7-16-14(13-9-17-18-19(13)3)11-6-5-10(2)8-12(11)15/h5-6,8-9,14,16H,4,7H2,1-3H3. The SMILES string of the molecule is CCCNC(c1ccc(C)cc1F)c1cnnn1C. The van der Waals surface area contributed by atoms with Gasteiger partial charge in [0.15, 0.2) is 0 Å². The van der Waals surface area contributed by atoms with Crippen molar-refractivity contribution in [3.8, 4) is 0 Å². The molecule has 1 heterocycles. The molecule has 0 bridgehead atoms. The van der Waals surface area contributed by atoms with Gasteiger partial charge in [-0.05, 0) is 31.5 Å². The number of nitrogens with zero attached hydrogens (tertiary/aromatic N) is 3. The van der Waals surface area contributed by atoms with E-state index in [0.29, 0.717) is 5.56 Å². The van der Waals surface area contributed by atoms with Gasteiger partial charge >= 0.3 is 0 Å². The van der Waals surface area contributed by atoms with Crippen molar-refractivity contribution in [1.29, 1.82) is 0 Å². The first-order chi connectivity index (χ1) is 9.13. The molecule has 19 heavy (non-hydrogen) atoms. The molecule has 2 aromatic rings. The summed E-state index contributed by atoms with van der Waals surface area (Å²) < 4.78 is 15.8. The van der Waals surface area contributed by atoms with Gasteiger partial charge in [-0.3, -0.25) is 4.68 Å². The van der Waals surface area contributed by atoms with E-state index >= 15 is 0 Å². The molecule has 1 aromatic carbocycles. The number of benzene rings is 1. The number of halogens is 1. The highest BCUT2D eigenvalue weighted by Gasteiger charge is 2.20. The van der Waals surface area contributed by atoms with E-state index in [4.69, 9.17) is 0 Å². The maximum atomic E-state index is 14.2. The van der Waals surface area contributed by atoms with Crippen LogP contribution in [0, 0.1) is 12.7 Å². The van der Waals surface area contributed by atoms with Crippen LogP contribution in [0.25, 0.3) is 0 Å². The van der Waals surface area contributed by atoms with Gasteiger partial charge in [-0.15, -0.1) is 5.10 Å². The van der Waals surface area contributed by atoms with Gasteiger partial charge in [-0.25, -0.2) is 4.39 Å². The van der Waals surface area contributed by atoms with Gasteiger partial charge in [-0.1, -0.05) is 24.3 Å². The highest BCUT2D eigenvalue weighted by Crippen LogP contribution is 2.24. The third-order valence-electron chi connectivity index (χ3n) is 3.11. The summed E-state index contributed by atoms with van der Waals surface area (Å²) in [5, 5.41) is 11.1. The summed E-state index contributed by atoms with van der Waals surface area (Å²) in [6.07, 6.45) is 2.65. The van der Waals surface area contributed by atoms with E-state index in [1.807, 2.05) is 26.1 Å². The number of aryl methyl sites for hydroxylation is 2. The molecule has 0 fully saturated rings. The van der Waals surface area contributed by atoms with Crippen LogP contribution in [0.5, 0.6) is 0 Å². The first-order valence-corrected chi connectivity index (χ1v) is 6.47. The van der Waals surface area contributed by atoms with Crippen molar-refractivity contribution in [2.75, 3.05) is 6.54 Å². The van der Waals surface area contributed by atoms with E-state index < -0.39 is 0 Å². The molecule has 0 saturated carbocycles. The van der Waals surface area contributed by atoms with Crippen LogP contribution in [-0.4, -0.2) is 21.5 Å². The third-order valence-corrected chi connectivity index (χ3v) is 3.11. The summed E-state index contributed by atoms with van der Waals surface area (Å²) in [5.74, 6) is -0.199. The largest absolute Gasteiger partial charge is 0.305 e. The van der Waals surface area contributed by atoms with Gasteiger partial charge < -0.3 is 5.32 Å². The highest BCUT2D eigenvalue weighted by atomic mass is 19.1. The number of rotatable bonds is 5. The molecule has 5 heteroatoms. The van der Waals surface area contributed by atoms with Crippen molar-refractivity contribution in [3.05, 3.63) is 47.0 Å². The fraction of sp³-hybridized carbons (Fsp3) is 0.429. The summed E-state index contributed by atoms with van der Waals surface area (Å²) in [4.78, 5) is 0. The molecule has 1 atom stereocenters. The van der Waals surface area contributed by atoms with Gasteiger partial charge in [0.1, 0.15) is 5.82 Å². The first-order valence-electron chi connectivity index (χ1n) is 6.47. The molecule has 1 aromatic heterocycles. The zero-order chi connectivity index (χ0) is 13.8. The summed E-state index contributed by atoms with van der Waals surface area (Å²) in [6, 6.07) is 5.08. The quantitative estimate of drug-likeness (QED) is 0.899. The van der Waals surface area contributed by atoms with E-state index in [2.05, 4.69) is 22.6 Å². The predicted octanol–water partition coefficient (Wildman–Crippen LogP) is 2.35. The van der Waals surface area contributed by atoms with Gasteiger partial charge in [0.25, 0.3) is 0 Å².